The molecule has 1 saturated heterocycles. The number of aromatic nitrogens is 1. The molecule has 1 N–H and O–H groups in total. The van der Waals surface area contributed by atoms with E-state index in [4.69, 9.17) is 20.8 Å². The molecule has 0 saturated carbocycles. The van der Waals surface area contributed by atoms with Crippen molar-refractivity contribution >= 4 is 17.5 Å². The maximum atomic E-state index is 11.9. The number of morpholine rings is 1. The third-order valence-electron chi connectivity index (χ3n) is 4.67. The van der Waals surface area contributed by atoms with Gasteiger partial charge in [-0.1, -0.05) is 29.8 Å². The highest BCUT2D eigenvalue weighted by molar-refractivity contribution is 6.31. The van der Waals surface area contributed by atoms with Gasteiger partial charge in [0, 0.05) is 44.3 Å². The highest BCUT2D eigenvalue weighted by atomic mass is 35.5. The number of carbonyl (C=O) groups is 1. The second kappa shape index (κ2) is 10.6. The van der Waals surface area contributed by atoms with Gasteiger partial charge in [0.2, 0.25) is 5.89 Å². The highest BCUT2D eigenvalue weighted by Gasteiger charge is 2.17. The summed E-state index contributed by atoms with van der Waals surface area (Å²) in [5.74, 6) is 0.304. The van der Waals surface area contributed by atoms with Crippen LogP contribution in [0.4, 0.5) is 0 Å². The Morgan fingerprint density at radius 1 is 1.29 bits per heavy atom. The van der Waals surface area contributed by atoms with Crippen LogP contribution in [0.25, 0.3) is 0 Å². The average molecular weight is 407 g/mol. The molecular weight excluding hydrogens is 380 g/mol. The van der Waals surface area contributed by atoms with Gasteiger partial charge >= 0.3 is 0 Å². The smallest absolute Gasteiger partial charge is 0.273 e. The van der Waals surface area contributed by atoms with Gasteiger partial charge in [0.1, 0.15) is 6.26 Å². The molecule has 0 radical (unpaired) electrons. The fraction of sp³-hybridized carbons (Fsp3) is 0.500. The summed E-state index contributed by atoms with van der Waals surface area (Å²) < 4.78 is 11.0. The lowest BCUT2D eigenvalue weighted by Gasteiger charge is -2.29. The molecule has 0 unspecified atom stereocenters. The Morgan fingerprint density at radius 3 is 2.82 bits per heavy atom. The van der Waals surface area contributed by atoms with Gasteiger partial charge < -0.3 is 14.5 Å². The van der Waals surface area contributed by atoms with E-state index in [9.17, 15) is 4.79 Å². The van der Waals surface area contributed by atoms with Gasteiger partial charge in [-0.3, -0.25) is 14.6 Å². The van der Waals surface area contributed by atoms with Gasteiger partial charge in [-0.25, -0.2) is 4.98 Å². The third kappa shape index (κ3) is 6.04. The quantitative estimate of drug-likeness (QED) is 0.689. The number of hydrogen-bond donors (Lipinski definition) is 1. The second-order valence-electron chi connectivity index (χ2n) is 6.74. The number of rotatable bonds is 9. The number of halogens is 1. The number of ether oxygens (including phenoxy) is 1. The predicted octanol–water partition coefficient (Wildman–Crippen LogP) is 2.41. The first kappa shape index (κ1) is 20.8. The van der Waals surface area contributed by atoms with Crippen LogP contribution in [-0.2, 0) is 17.8 Å². The first-order chi connectivity index (χ1) is 13.7. The molecule has 1 aromatic carbocycles. The molecule has 2 aromatic rings. The number of carbonyl (C=O) groups excluding carboxylic acids is 1. The molecule has 1 aromatic heterocycles. The monoisotopic (exact) mass is 406 g/mol. The van der Waals surface area contributed by atoms with E-state index in [1.165, 1.54) is 6.26 Å². The van der Waals surface area contributed by atoms with E-state index in [0.717, 1.165) is 50.0 Å². The minimum Gasteiger partial charge on any atom is -0.447 e. The molecular formula is C20H27ClN4O3. The van der Waals surface area contributed by atoms with Crippen LogP contribution < -0.4 is 5.32 Å². The van der Waals surface area contributed by atoms with Crippen molar-refractivity contribution in [1.82, 2.24) is 20.1 Å². The SMILES string of the molecule is CCNC(=O)c1coc(CN(CCN2CCOCC2)Cc2ccccc2Cl)n1. The first-order valence-electron chi connectivity index (χ1n) is 9.64. The lowest BCUT2D eigenvalue weighted by atomic mass is 10.2. The molecule has 1 aliphatic heterocycles. The van der Waals surface area contributed by atoms with E-state index < -0.39 is 0 Å². The number of nitrogens with one attached hydrogen (secondary N) is 1. The molecule has 8 heteroatoms. The predicted molar refractivity (Wildman–Crippen MR) is 107 cm³/mol. The molecule has 1 fully saturated rings. The van der Waals surface area contributed by atoms with Crippen molar-refractivity contribution in [3.63, 3.8) is 0 Å². The minimum absolute atomic E-state index is 0.219. The van der Waals surface area contributed by atoms with Crippen LogP contribution in [-0.4, -0.2) is 66.6 Å². The van der Waals surface area contributed by atoms with Crippen molar-refractivity contribution in [2.24, 2.45) is 0 Å². The summed E-state index contributed by atoms with van der Waals surface area (Å²) in [6.07, 6.45) is 1.41. The number of amides is 1. The van der Waals surface area contributed by atoms with Crippen molar-refractivity contribution in [3.05, 3.63) is 52.7 Å². The van der Waals surface area contributed by atoms with Gasteiger partial charge in [0.15, 0.2) is 5.69 Å². The Kier molecular flexibility index (Phi) is 7.85. The van der Waals surface area contributed by atoms with Crippen LogP contribution in [0.2, 0.25) is 5.02 Å². The van der Waals surface area contributed by atoms with E-state index >= 15 is 0 Å². The molecule has 2 heterocycles. The summed E-state index contributed by atoms with van der Waals surface area (Å²) in [4.78, 5) is 20.9. The van der Waals surface area contributed by atoms with Gasteiger partial charge in [0.05, 0.1) is 19.8 Å². The summed E-state index contributed by atoms with van der Waals surface area (Å²) in [5.41, 5.74) is 1.37. The molecule has 7 nitrogen and oxygen atoms in total. The topological polar surface area (TPSA) is 70.8 Å². The van der Waals surface area contributed by atoms with Crippen LogP contribution in [0.1, 0.15) is 28.9 Å². The summed E-state index contributed by atoms with van der Waals surface area (Å²) >= 11 is 6.35. The van der Waals surface area contributed by atoms with Crippen molar-refractivity contribution < 1.29 is 13.9 Å². The van der Waals surface area contributed by atoms with Crippen molar-refractivity contribution in [3.8, 4) is 0 Å². The molecule has 0 spiro atoms. The van der Waals surface area contributed by atoms with Crippen LogP contribution in [0.15, 0.2) is 34.9 Å². The number of hydrogen-bond acceptors (Lipinski definition) is 6. The molecule has 0 bridgehead atoms. The Hall–Kier alpha value is -1.93. The fourth-order valence-electron chi connectivity index (χ4n) is 3.12. The zero-order valence-corrected chi connectivity index (χ0v) is 17.0. The van der Waals surface area contributed by atoms with Crippen molar-refractivity contribution in [2.75, 3.05) is 45.9 Å². The fourth-order valence-corrected chi connectivity index (χ4v) is 3.31. The normalized spacial score (nSPS) is 15.1. The van der Waals surface area contributed by atoms with Crippen LogP contribution in [0, 0.1) is 0 Å². The molecule has 0 atom stereocenters. The summed E-state index contributed by atoms with van der Waals surface area (Å²) in [6.45, 7) is 8.83. The largest absolute Gasteiger partial charge is 0.447 e. The molecule has 3 rings (SSSR count). The highest BCUT2D eigenvalue weighted by Crippen LogP contribution is 2.18. The Balaban J connectivity index is 1.66. The van der Waals surface area contributed by atoms with E-state index in [-0.39, 0.29) is 5.91 Å². The Labute approximate surface area is 170 Å². The first-order valence-corrected chi connectivity index (χ1v) is 10.0. The maximum absolute atomic E-state index is 11.9. The van der Waals surface area contributed by atoms with Gasteiger partial charge in [0.25, 0.3) is 5.91 Å². The zero-order chi connectivity index (χ0) is 19.8. The van der Waals surface area contributed by atoms with E-state index in [1.807, 2.05) is 31.2 Å². The van der Waals surface area contributed by atoms with Crippen molar-refractivity contribution in [1.29, 1.82) is 0 Å². The standard InChI is InChI=1S/C20H27ClN4O3/c1-2-22-20(26)18-15-28-19(23-18)14-25(8-7-24-9-11-27-12-10-24)13-16-5-3-4-6-17(16)21/h3-6,15H,2,7-14H2,1H3,(H,22,26). The Morgan fingerprint density at radius 2 is 2.07 bits per heavy atom. The molecule has 1 aliphatic rings. The number of oxazole rings is 1. The minimum atomic E-state index is -0.219. The van der Waals surface area contributed by atoms with Gasteiger partial charge in [-0.15, -0.1) is 0 Å². The average Bonchev–Trinajstić information content (AvgIpc) is 3.17. The zero-order valence-electron chi connectivity index (χ0n) is 16.2. The summed E-state index contributed by atoms with van der Waals surface area (Å²) in [6, 6.07) is 7.84. The van der Waals surface area contributed by atoms with E-state index in [2.05, 4.69) is 20.1 Å². The number of nitrogens with zero attached hydrogens (tertiary/aromatic N) is 3. The van der Waals surface area contributed by atoms with E-state index in [0.29, 0.717) is 31.2 Å². The van der Waals surface area contributed by atoms with Gasteiger partial charge in [-0.05, 0) is 18.6 Å². The van der Waals surface area contributed by atoms with Crippen molar-refractivity contribution in [2.45, 2.75) is 20.0 Å². The summed E-state index contributed by atoms with van der Waals surface area (Å²) in [5, 5.41) is 3.48. The van der Waals surface area contributed by atoms with E-state index in [1.54, 1.807) is 0 Å². The van der Waals surface area contributed by atoms with Crippen LogP contribution >= 0.6 is 11.6 Å². The maximum Gasteiger partial charge on any atom is 0.273 e. The lowest BCUT2D eigenvalue weighted by molar-refractivity contribution is 0.0320. The molecule has 0 aliphatic carbocycles. The van der Waals surface area contributed by atoms with Gasteiger partial charge in [-0.2, -0.15) is 0 Å². The van der Waals surface area contributed by atoms with Crippen LogP contribution in [0.5, 0.6) is 0 Å². The summed E-state index contributed by atoms with van der Waals surface area (Å²) in [7, 11) is 0. The molecule has 1 amide bonds. The Bertz CT molecular complexity index is 761. The second-order valence-corrected chi connectivity index (χ2v) is 7.15. The third-order valence-corrected chi connectivity index (χ3v) is 5.04. The van der Waals surface area contributed by atoms with Crippen LogP contribution in [0.3, 0.4) is 0 Å². The molecule has 28 heavy (non-hydrogen) atoms. The molecule has 152 valence electrons. The lowest BCUT2D eigenvalue weighted by Crippen LogP contribution is -2.41. The number of benzene rings is 1.